The number of fused-ring (bicyclic) bond motifs is 1. The fourth-order valence-electron chi connectivity index (χ4n) is 4.67. The lowest BCUT2D eigenvalue weighted by atomic mass is 9.80. The van der Waals surface area contributed by atoms with Crippen LogP contribution in [0.1, 0.15) is 42.7 Å². The van der Waals surface area contributed by atoms with Gasteiger partial charge in [-0.1, -0.05) is 32.0 Å². The van der Waals surface area contributed by atoms with Crippen molar-refractivity contribution in [2.75, 3.05) is 0 Å². The van der Waals surface area contributed by atoms with Gasteiger partial charge in [-0.05, 0) is 60.9 Å². The maximum Gasteiger partial charge on any atom is 0.303 e. The number of carboxylic acid groups (broad SMARTS) is 1. The third-order valence-electron chi connectivity index (χ3n) is 6.98. The van der Waals surface area contributed by atoms with Gasteiger partial charge in [0.25, 0.3) is 0 Å². The van der Waals surface area contributed by atoms with Gasteiger partial charge >= 0.3 is 5.97 Å². The molecule has 0 saturated carbocycles. The highest BCUT2D eigenvalue weighted by Gasteiger charge is 2.30. The zero-order valence-electron chi connectivity index (χ0n) is 21.2. The Morgan fingerprint density at radius 2 is 1.92 bits per heavy atom. The van der Waals surface area contributed by atoms with E-state index in [1.165, 1.54) is 6.07 Å². The lowest BCUT2D eigenvalue weighted by Crippen LogP contribution is -2.22. The van der Waals surface area contributed by atoms with Crippen LogP contribution in [-0.4, -0.2) is 26.0 Å². The highest BCUT2D eigenvalue weighted by molar-refractivity contribution is 5.85. The van der Waals surface area contributed by atoms with E-state index in [9.17, 15) is 9.18 Å². The second-order valence-corrected chi connectivity index (χ2v) is 9.81. The van der Waals surface area contributed by atoms with Crippen LogP contribution in [0.4, 0.5) is 8.78 Å². The second-order valence-electron chi connectivity index (χ2n) is 9.81. The van der Waals surface area contributed by atoms with Gasteiger partial charge in [-0.25, -0.2) is 13.8 Å². The minimum Gasteiger partial charge on any atom is -0.481 e. The Morgan fingerprint density at radius 3 is 2.71 bits per heavy atom. The first-order chi connectivity index (χ1) is 18.1. The molecule has 0 radical (unpaired) electrons. The van der Waals surface area contributed by atoms with E-state index in [0.717, 1.165) is 16.5 Å². The molecule has 0 amide bonds. The van der Waals surface area contributed by atoms with Gasteiger partial charge in [-0.2, -0.15) is 0 Å². The van der Waals surface area contributed by atoms with Gasteiger partial charge in [0.1, 0.15) is 29.0 Å². The number of nitrogens with one attached hydrogen (secondary N) is 2. The zero-order chi connectivity index (χ0) is 27.0. The molecular formula is C30H27F2N3O3. The van der Waals surface area contributed by atoms with E-state index in [2.05, 4.69) is 15.0 Å². The summed E-state index contributed by atoms with van der Waals surface area (Å²) in [5.74, 6) is -0.512. The number of carbonyl (C=O) groups is 1. The number of carboxylic acids is 1. The number of hydrogen-bond acceptors (Lipinski definition) is 3. The van der Waals surface area contributed by atoms with Crippen molar-refractivity contribution in [2.45, 2.75) is 39.0 Å². The van der Waals surface area contributed by atoms with Crippen molar-refractivity contribution in [2.24, 2.45) is 0 Å². The highest BCUT2D eigenvalue weighted by atomic mass is 19.1. The smallest absolute Gasteiger partial charge is 0.303 e. The van der Waals surface area contributed by atoms with Crippen LogP contribution >= 0.6 is 0 Å². The second kappa shape index (κ2) is 9.78. The molecule has 0 aliphatic rings. The molecule has 0 atom stereocenters. The van der Waals surface area contributed by atoms with Crippen molar-refractivity contribution in [1.29, 1.82) is 0 Å². The molecule has 0 unspecified atom stereocenters. The number of aryl methyl sites for hydroxylation is 2. The fraction of sp³-hybridized carbons (Fsp3) is 0.200. The minimum atomic E-state index is -0.985. The van der Waals surface area contributed by atoms with Crippen LogP contribution in [0.5, 0.6) is 11.5 Å². The normalized spacial score (nSPS) is 11.7. The van der Waals surface area contributed by atoms with Gasteiger partial charge in [-0.15, -0.1) is 0 Å². The summed E-state index contributed by atoms with van der Waals surface area (Å²) in [5.41, 5.74) is 2.66. The van der Waals surface area contributed by atoms with E-state index in [-0.39, 0.29) is 24.2 Å². The molecule has 0 aliphatic carbocycles. The van der Waals surface area contributed by atoms with Crippen LogP contribution in [0, 0.1) is 18.6 Å². The van der Waals surface area contributed by atoms with Crippen molar-refractivity contribution in [1.82, 2.24) is 15.0 Å². The monoisotopic (exact) mass is 515 g/mol. The highest BCUT2D eigenvalue weighted by Crippen LogP contribution is 2.36. The van der Waals surface area contributed by atoms with Gasteiger partial charge in [0.05, 0.1) is 5.56 Å². The first-order valence-corrected chi connectivity index (χ1v) is 12.2. The fourth-order valence-corrected chi connectivity index (χ4v) is 4.67. The van der Waals surface area contributed by atoms with E-state index in [1.54, 1.807) is 36.5 Å². The predicted molar refractivity (Wildman–Crippen MR) is 142 cm³/mol. The van der Waals surface area contributed by atoms with E-state index in [4.69, 9.17) is 9.84 Å². The Morgan fingerprint density at radius 1 is 1.11 bits per heavy atom. The third kappa shape index (κ3) is 4.65. The summed E-state index contributed by atoms with van der Waals surface area (Å²) in [4.78, 5) is 21.7. The number of aromatic amines is 2. The molecule has 3 aromatic carbocycles. The lowest BCUT2D eigenvalue weighted by Gasteiger charge is -2.25. The summed E-state index contributed by atoms with van der Waals surface area (Å²) in [6.07, 6.45) is 3.36. The summed E-state index contributed by atoms with van der Waals surface area (Å²) in [6, 6.07) is 15.2. The van der Waals surface area contributed by atoms with E-state index in [1.807, 2.05) is 45.2 Å². The Bertz CT molecular complexity index is 1650. The van der Waals surface area contributed by atoms with Gasteiger partial charge in [0.15, 0.2) is 0 Å². The van der Waals surface area contributed by atoms with E-state index in [0.29, 0.717) is 28.3 Å². The summed E-state index contributed by atoms with van der Waals surface area (Å²) in [5, 5.41) is 10.0. The number of rotatable bonds is 8. The number of hydrogen-bond donors (Lipinski definition) is 3. The van der Waals surface area contributed by atoms with Gasteiger partial charge in [-0.3, -0.25) is 4.79 Å². The van der Waals surface area contributed by atoms with Crippen LogP contribution in [0.15, 0.2) is 67.0 Å². The molecule has 0 spiro atoms. The zero-order valence-corrected chi connectivity index (χ0v) is 21.2. The van der Waals surface area contributed by atoms with Crippen LogP contribution in [0.3, 0.4) is 0 Å². The molecule has 5 aromatic rings. The standard InChI is InChI=1S/C30H27F2N3O3/c1-17-20-13-14-33-24(20)10-11-25(17)38-19-8-9-23(31)21(15-19)29-34-16-26(35-29)30(2,3)22-6-4-5-18(28(22)32)7-12-27(36)37/h4-6,8-11,13-16,33H,7,12H2,1-3H3,(H,34,35)(H,36,37). The Labute approximate surface area is 218 Å². The van der Waals surface area contributed by atoms with Crippen LogP contribution in [0.2, 0.25) is 0 Å². The van der Waals surface area contributed by atoms with Crippen molar-refractivity contribution in [3.63, 3.8) is 0 Å². The molecule has 0 aliphatic heterocycles. The van der Waals surface area contributed by atoms with Crippen LogP contribution in [0.25, 0.3) is 22.3 Å². The van der Waals surface area contributed by atoms with Crippen LogP contribution < -0.4 is 4.74 Å². The first kappa shape index (κ1) is 25.2. The molecule has 5 rings (SSSR count). The molecule has 2 heterocycles. The van der Waals surface area contributed by atoms with Gasteiger partial charge in [0.2, 0.25) is 0 Å². The summed E-state index contributed by atoms with van der Waals surface area (Å²) in [7, 11) is 0. The number of H-pyrrole nitrogens is 2. The molecule has 0 fully saturated rings. The number of ether oxygens (including phenoxy) is 1. The lowest BCUT2D eigenvalue weighted by molar-refractivity contribution is -0.136. The topological polar surface area (TPSA) is 91.0 Å². The van der Waals surface area contributed by atoms with E-state index < -0.39 is 23.0 Å². The number of aromatic nitrogens is 3. The Balaban J connectivity index is 1.44. The molecule has 0 saturated heterocycles. The quantitative estimate of drug-likeness (QED) is 0.203. The van der Waals surface area contributed by atoms with Gasteiger partial charge < -0.3 is 19.8 Å². The Hall–Kier alpha value is -4.46. The van der Waals surface area contributed by atoms with Gasteiger partial charge in [0, 0.05) is 46.4 Å². The largest absolute Gasteiger partial charge is 0.481 e. The molecule has 2 aromatic heterocycles. The number of nitrogens with zero attached hydrogens (tertiary/aromatic N) is 1. The average Bonchev–Trinajstić information content (AvgIpc) is 3.57. The summed E-state index contributed by atoms with van der Waals surface area (Å²) in [6.45, 7) is 5.63. The van der Waals surface area contributed by atoms with Crippen molar-refractivity contribution in [3.8, 4) is 22.9 Å². The van der Waals surface area contributed by atoms with Crippen molar-refractivity contribution < 1.29 is 23.4 Å². The first-order valence-electron chi connectivity index (χ1n) is 12.2. The molecule has 0 bridgehead atoms. The Kier molecular flexibility index (Phi) is 6.48. The van der Waals surface area contributed by atoms with Crippen molar-refractivity contribution in [3.05, 3.63) is 101 Å². The molecule has 3 N–H and O–H groups in total. The molecule has 38 heavy (non-hydrogen) atoms. The number of aliphatic carboxylic acids is 1. The SMILES string of the molecule is Cc1c(Oc2ccc(F)c(-c3ncc(C(C)(C)c4cccc(CCC(=O)O)c4F)[nH]3)c2)ccc2[nH]ccc12. The summed E-state index contributed by atoms with van der Waals surface area (Å²) < 4.78 is 36.4. The maximum atomic E-state index is 15.4. The van der Waals surface area contributed by atoms with E-state index >= 15 is 4.39 Å². The summed E-state index contributed by atoms with van der Waals surface area (Å²) >= 11 is 0. The predicted octanol–water partition coefficient (Wildman–Crippen LogP) is 7.28. The number of halogens is 2. The van der Waals surface area contributed by atoms with Crippen LogP contribution in [-0.2, 0) is 16.6 Å². The third-order valence-corrected chi connectivity index (χ3v) is 6.98. The average molecular weight is 516 g/mol. The van der Waals surface area contributed by atoms with Crippen molar-refractivity contribution >= 4 is 16.9 Å². The number of benzene rings is 3. The molecular weight excluding hydrogens is 488 g/mol. The minimum absolute atomic E-state index is 0.0911. The number of imidazole rings is 1. The molecule has 8 heteroatoms. The molecule has 194 valence electrons. The maximum absolute atomic E-state index is 15.4. The molecule has 6 nitrogen and oxygen atoms in total.